The second-order valence-electron chi connectivity index (χ2n) is 10.9. The van der Waals surface area contributed by atoms with Crippen LogP contribution >= 0.6 is 11.3 Å². The van der Waals surface area contributed by atoms with Crippen LogP contribution in [0.4, 0.5) is 5.13 Å². The van der Waals surface area contributed by atoms with Crippen LogP contribution in [0.5, 0.6) is 5.75 Å². The zero-order valence-electron chi connectivity index (χ0n) is 24.2. The molecule has 2 atom stereocenters. The van der Waals surface area contributed by atoms with E-state index >= 15 is 0 Å². The van der Waals surface area contributed by atoms with E-state index in [1.54, 1.807) is 24.3 Å². The number of carbonyl (C=O) groups is 3. The third kappa shape index (κ3) is 8.92. The van der Waals surface area contributed by atoms with Gasteiger partial charge < -0.3 is 31.9 Å². The molecule has 0 spiro atoms. The second-order valence-corrected chi connectivity index (χ2v) is 12.8. The summed E-state index contributed by atoms with van der Waals surface area (Å²) in [6.45, 7) is 6.25. The van der Waals surface area contributed by atoms with Crippen molar-refractivity contribution in [2.75, 3.05) is 18.9 Å². The van der Waals surface area contributed by atoms with Crippen molar-refractivity contribution >= 4 is 56.1 Å². The number of nitrogens with zero attached hydrogens (tertiary/aromatic N) is 4. The van der Waals surface area contributed by atoms with E-state index in [1.165, 1.54) is 19.2 Å². The highest BCUT2D eigenvalue weighted by Gasteiger charge is 2.57. The maximum absolute atomic E-state index is 13.3. The lowest BCUT2D eigenvalue weighted by Gasteiger charge is -2.50. The van der Waals surface area contributed by atoms with Crippen LogP contribution in [-0.4, -0.2) is 87.7 Å². The zero-order chi connectivity index (χ0) is 33.0. The summed E-state index contributed by atoms with van der Waals surface area (Å²) in [5, 5.41) is 15.3. The molecule has 8 N–H and O–H groups in total. The Morgan fingerprint density at radius 2 is 1.89 bits per heavy atom. The molecular weight excluding hydrogens is 622 g/mol. The Kier molecular flexibility index (Phi) is 10.3. The molecule has 19 heteroatoms. The third-order valence-electron chi connectivity index (χ3n) is 6.22. The summed E-state index contributed by atoms with van der Waals surface area (Å²) < 4.78 is 40.9. The number of benzene rings is 1. The van der Waals surface area contributed by atoms with E-state index in [2.05, 4.69) is 19.4 Å². The molecule has 0 bridgehead atoms. The fourth-order valence-corrected chi connectivity index (χ4v) is 4.83. The molecule has 0 saturated carbocycles. The van der Waals surface area contributed by atoms with Crippen molar-refractivity contribution < 1.29 is 46.3 Å². The van der Waals surface area contributed by atoms with Crippen molar-refractivity contribution in [2.24, 2.45) is 27.5 Å². The monoisotopic (exact) mass is 655 g/mol. The molecule has 2 aromatic rings. The fourth-order valence-electron chi connectivity index (χ4n) is 3.82. The summed E-state index contributed by atoms with van der Waals surface area (Å²) >= 11 is 0.975. The van der Waals surface area contributed by atoms with E-state index in [0.717, 1.165) is 11.3 Å². The first-order valence-electron chi connectivity index (χ1n) is 12.8. The summed E-state index contributed by atoms with van der Waals surface area (Å²) in [7, 11) is -4.99. The maximum atomic E-state index is 13.3. The fraction of sp³-hybridized carbons (Fsp3) is 0.440. The van der Waals surface area contributed by atoms with Crippen LogP contribution < -0.4 is 21.9 Å². The van der Waals surface area contributed by atoms with E-state index in [-0.39, 0.29) is 22.4 Å². The van der Waals surface area contributed by atoms with Gasteiger partial charge in [-0.15, -0.1) is 15.6 Å². The van der Waals surface area contributed by atoms with Gasteiger partial charge in [0.2, 0.25) is 0 Å². The van der Waals surface area contributed by atoms with Crippen LogP contribution in [0, 0.1) is 5.92 Å². The number of rotatable bonds is 15. The number of hydrogen-bond donors (Lipinski definition) is 5. The van der Waals surface area contributed by atoms with Crippen LogP contribution in [-0.2, 0) is 33.9 Å². The molecule has 17 nitrogen and oxygen atoms in total. The van der Waals surface area contributed by atoms with Crippen molar-refractivity contribution in [2.45, 2.75) is 51.3 Å². The normalized spacial score (nSPS) is 18.0. The Bertz CT molecular complexity index is 1560. The average molecular weight is 656 g/mol. The van der Waals surface area contributed by atoms with Gasteiger partial charge in [0.05, 0.1) is 18.0 Å². The van der Waals surface area contributed by atoms with Gasteiger partial charge in [0.25, 0.3) is 12.0 Å². The van der Waals surface area contributed by atoms with Crippen LogP contribution in [0.1, 0.15) is 45.4 Å². The van der Waals surface area contributed by atoms with Crippen molar-refractivity contribution in [3.05, 3.63) is 40.9 Å². The number of anilines is 1. The van der Waals surface area contributed by atoms with E-state index in [1.807, 2.05) is 13.8 Å². The van der Waals surface area contributed by atoms with Crippen LogP contribution in [0.2, 0.25) is 0 Å². The number of amidine groups is 1. The Morgan fingerprint density at radius 1 is 1.25 bits per heavy atom. The highest BCUT2D eigenvalue weighted by Crippen LogP contribution is 2.40. The molecule has 2 heterocycles. The van der Waals surface area contributed by atoms with Crippen molar-refractivity contribution in [1.29, 1.82) is 0 Å². The number of aromatic nitrogens is 1. The highest BCUT2D eigenvalue weighted by molar-refractivity contribution is 7.80. The van der Waals surface area contributed by atoms with Gasteiger partial charge in [-0.1, -0.05) is 5.16 Å². The Hall–Kier alpha value is -4.17. The van der Waals surface area contributed by atoms with Gasteiger partial charge in [-0.3, -0.25) is 19.1 Å². The molecule has 1 aliphatic heterocycles. The predicted molar refractivity (Wildman–Crippen MR) is 158 cm³/mol. The molecule has 1 amide bonds. The molecule has 1 saturated heterocycles. The number of ether oxygens (including phenoxy) is 1. The Morgan fingerprint density at radius 3 is 2.39 bits per heavy atom. The first kappa shape index (κ1) is 34.3. The standard InChI is InChI=1S/C25H33N7O10S2/c1-24(2,28)12-29-20(26)13-5-7-14(8-6-13)40-10-18(22(35)36)41-31-19(16-11-43-23(27)30-16)17(33)9-15-21(34)32(25(15,3)4)42-44(37,38)39/h5-8,11,15,18H,9-10,12,28H2,1-4H3,(H2,26,29)(H2,27,30)(H,35,36)(H,37,38,39)/b31-19-/t15?,18-/m0/s1. The second kappa shape index (κ2) is 13.2. The van der Waals surface area contributed by atoms with Gasteiger partial charge in [-0.25, -0.2) is 9.78 Å². The van der Waals surface area contributed by atoms with Gasteiger partial charge in [0.15, 0.2) is 16.6 Å². The van der Waals surface area contributed by atoms with Crippen LogP contribution in [0.25, 0.3) is 0 Å². The summed E-state index contributed by atoms with van der Waals surface area (Å²) in [5.74, 6) is -3.67. The van der Waals surface area contributed by atoms with Gasteiger partial charge >= 0.3 is 16.4 Å². The molecule has 0 aliphatic carbocycles. The molecule has 240 valence electrons. The summed E-state index contributed by atoms with van der Waals surface area (Å²) in [6.07, 6.45) is -2.18. The molecular formula is C25H33N7O10S2. The number of Topliss-reactive ketones (excluding diaryl/α,β-unsaturated/α-hetero) is 1. The van der Waals surface area contributed by atoms with Crippen molar-refractivity contribution in [3.63, 3.8) is 0 Å². The van der Waals surface area contributed by atoms with Gasteiger partial charge in [-0.2, -0.15) is 13.5 Å². The number of carboxylic acids is 1. The highest BCUT2D eigenvalue weighted by atomic mass is 32.3. The minimum absolute atomic E-state index is 0.0361. The van der Waals surface area contributed by atoms with Gasteiger partial charge in [0.1, 0.15) is 23.9 Å². The Balaban J connectivity index is 1.73. The predicted octanol–water partition coefficient (Wildman–Crippen LogP) is 0.351. The van der Waals surface area contributed by atoms with Crippen molar-refractivity contribution in [1.82, 2.24) is 10.0 Å². The molecule has 1 aliphatic rings. The first-order valence-corrected chi connectivity index (χ1v) is 15.1. The third-order valence-corrected chi connectivity index (χ3v) is 7.23. The number of oxime groups is 1. The minimum atomic E-state index is -4.99. The van der Waals surface area contributed by atoms with E-state index in [0.29, 0.717) is 17.2 Å². The Labute approximate surface area is 256 Å². The lowest BCUT2D eigenvalue weighted by molar-refractivity contribution is -0.228. The molecule has 3 rings (SSSR count). The number of thiazole rings is 1. The first-order chi connectivity index (χ1) is 20.3. The lowest BCUT2D eigenvalue weighted by atomic mass is 9.74. The largest absolute Gasteiger partial charge is 0.489 e. The van der Waals surface area contributed by atoms with E-state index < -0.39 is 69.9 Å². The van der Waals surface area contributed by atoms with Crippen LogP contribution in [0.15, 0.2) is 39.8 Å². The number of ketones is 1. The number of aliphatic imine (C=N–C) groups is 1. The van der Waals surface area contributed by atoms with Crippen LogP contribution in [0.3, 0.4) is 0 Å². The van der Waals surface area contributed by atoms with Gasteiger partial charge in [-0.05, 0) is 52.0 Å². The smallest absolute Gasteiger partial charge is 0.418 e. The number of hydroxylamine groups is 2. The quantitative estimate of drug-likeness (QED) is 0.0569. The molecule has 1 aromatic heterocycles. The number of amides is 1. The number of carbonyl (C=O) groups excluding carboxylic acids is 2. The van der Waals surface area contributed by atoms with E-state index in [9.17, 15) is 27.9 Å². The number of aliphatic carboxylic acids is 1. The minimum Gasteiger partial charge on any atom is -0.489 e. The molecule has 1 fully saturated rings. The summed E-state index contributed by atoms with van der Waals surface area (Å²) in [6, 6.07) is 6.35. The molecule has 0 radical (unpaired) electrons. The number of carboxylic acid groups (broad SMARTS) is 1. The topological polar surface area (TPSA) is 272 Å². The number of nitrogen functional groups attached to an aromatic ring is 1. The number of β-lactam (4-membered cyclic amide) rings is 1. The number of hydrogen-bond acceptors (Lipinski definition) is 14. The maximum Gasteiger partial charge on any atom is 0.418 e. The number of nitrogens with two attached hydrogens (primary N) is 3. The lowest BCUT2D eigenvalue weighted by Crippen LogP contribution is -2.68. The summed E-state index contributed by atoms with van der Waals surface area (Å²) in [4.78, 5) is 51.1. The van der Waals surface area contributed by atoms with Crippen molar-refractivity contribution in [3.8, 4) is 5.75 Å². The van der Waals surface area contributed by atoms with Gasteiger partial charge in [0, 0.05) is 22.9 Å². The SMILES string of the molecule is CC(C)(N)CN=C(N)c1ccc(OC[C@H](O/N=C(\C(=O)CC2C(=O)N(OS(=O)(=O)O)C2(C)C)c2csc(N)n2)C(=O)O)cc1. The molecule has 44 heavy (non-hydrogen) atoms. The zero-order valence-corrected chi connectivity index (χ0v) is 25.8. The summed E-state index contributed by atoms with van der Waals surface area (Å²) in [5.41, 5.74) is 15.9. The average Bonchev–Trinajstić information content (AvgIpc) is 3.35. The molecule has 1 aromatic carbocycles. The van der Waals surface area contributed by atoms with E-state index in [4.69, 9.17) is 31.3 Å². The molecule has 1 unspecified atom stereocenters.